The van der Waals surface area contributed by atoms with Gasteiger partial charge in [-0.1, -0.05) is 18.2 Å². The van der Waals surface area contributed by atoms with E-state index in [1.54, 1.807) is 24.3 Å². The van der Waals surface area contributed by atoms with E-state index < -0.39 is 21.5 Å². The summed E-state index contributed by atoms with van der Waals surface area (Å²) in [6.07, 6.45) is 0. The first-order chi connectivity index (χ1) is 8.92. The van der Waals surface area contributed by atoms with Crippen LogP contribution in [0.1, 0.15) is 0 Å². The second kappa shape index (κ2) is 5.18. The van der Waals surface area contributed by atoms with E-state index in [1.165, 1.54) is 12.1 Å². The largest absolute Gasteiger partial charge is 0.395 e. The van der Waals surface area contributed by atoms with Crippen molar-refractivity contribution in [3.8, 4) is 0 Å². The van der Waals surface area contributed by atoms with Gasteiger partial charge in [0.1, 0.15) is 10.7 Å². The summed E-state index contributed by atoms with van der Waals surface area (Å²) in [4.78, 5) is -0.289. The molecule has 7 heteroatoms. The molecule has 0 fully saturated rings. The van der Waals surface area contributed by atoms with Gasteiger partial charge in [-0.05, 0) is 40.2 Å². The van der Waals surface area contributed by atoms with Crippen molar-refractivity contribution in [1.82, 2.24) is 0 Å². The predicted molar refractivity (Wildman–Crippen MR) is 75.8 cm³/mol. The number of para-hydroxylation sites is 2. The fourth-order valence-electron chi connectivity index (χ4n) is 1.50. The van der Waals surface area contributed by atoms with Crippen LogP contribution in [0, 0.1) is 5.82 Å². The average molecular weight is 345 g/mol. The highest BCUT2D eigenvalue weighted by Gasteiger charge is 2.20. The number of benzene rings is 2. The van der Waals surface area contributed by atoms with Crippen LogP contribution in [-0.4, -0.2) is 8.42 Å². The third kappa shape index (κ3) is 2.87. The second-order valence-electron chi connectivity index (χ2n) is 3.74. The van der Waals surface area contributed by atoms with Crippen LogP contribution in [0.3, 0.4) is 0 Å². The van der Waals surface area contributed by atoms with Crippen LogP contribution in [0.25, 0.3) is 0 Å². The Morgan fingerprint density at radius 1 is 1.11 bits per heavy atom. The van der Waals surface area contributed by atoms with E-state index >= 15 is 0 Å². The third-order valence-corrected chi connectivity index (χ3v) is 4.54. The molecule has 19 heavy (non-hydrogen) atoms. The number of hydrogen-bond acceptors (Lipinski definition) is 3. The van der Waals surface area contributed by atoms with Gasteiger partial charge in [0.05, 0.1) is 11.4 Å². The summed E-state index contributed by atoms with van der Waals surface area (Å²) < 4.78 is 40.5. The maximum atomic E-state index is 13.3. The van der Waals surface area contributed by atoms with Crippen LogP contribution in [-0.2, 0) is 10.0 Å². The molecule has 0 heterocycles. The molecule has 0 aliphatic carbocycles. The summed E-state index contributed by atoms with van der Waals surface area (Å²) >= 11 is 3.22. The summed E-state index contributed by atoms with van der Waals surface area (Å²) in [6.45, 7) is 0. The molecule has 0 aromatic heterocycles. The highest BCUT2D eigenvalue weighted by molar-refractivity contribution is 9.10. The smallest absolute Gasteiger partial charge is 0.264 e. The predicted octanol–water partition coefficient (Wildman–Crippen LogP) is 2.97. The molecular formula is C12H10BrFN2O2S. The maximum Gasteiger partial charge on any atom is 0.264 e. The van der Waals surface area contributed by atoms with E-state index in [2.05, 4.69) is 20.7 Å². The Balaban J connectivity index is 2.44. The molecule has 0 aliphatic rings. The lowest BCUT2D eigenvalue weighted by molar-refractivity contribution is 0.597. The molecule has 0 spiro atoms. The van der Waals surface area contributed by atoms with Crippen LogP contribution in [0.2, 0.25) is 0 Å². The van der Waals surface area contributed by atoms with Crippen molar-refractivity contribution in [3.05, 3.63) is 52.8 Å². The first kappa shape index (κ1) is 13.8. The molecule has 0 atom stereocenters. The zero-order valence-electron chi connectivity index (χ0n) is 9.60. The SMILES string of the molecule is Nc1c(F)cccc1S(=O)(=O)Nc1ccccc1Br. The minimum Gasteiger partial charge on any atom is -0.395 e. The van der Waals surface area contributed by atoms with E-state index in [0.717, 1.165) is 6.07 Å². The van der Waals surface area contributed by atoms with Gasteiger partial charge < -0.3 is 5.73 Å². The van der Waals surface area contributed by atoms with Crippen molar-refractivity contribution in [2.24, 2.45) is 0 Å². The van der Waals surface area contributed by atoms with Crippen LogP contribution in [0.15, 0.2) is 51.8 Å². The lowest BCUT2D eigenvalue weighted by Crippen LogP contribution is -2.15. The Labute approximate surface area is 118 Å². The number of halogens is 2. The molecule has 2 aromatic carbocycles. The van der Waals surface area contributed by atoms with Gasteiger partial charge in [-0.15, -0.1) is 0 Å². The number of nitrogen functional groups attached to an aromatic ring is 1. The summed E-state index contributed by atoms with van der Waals surface area (Å²) in [7, 11) is -3.93. The van der Waals surface area contributed by atoms with E-state index in [1.807, 2.05) is 0 Å². The molecule has 0 radical (unpaired) electrons. The van der Waals surface area contributed by atoms with Crippen molar-refractivity contribution in [3.63, 3.8) is 0 Å². The number of sulfonamides is 1. The molecule has 100 valence electrons. The third-order valence-electron chi connectivity index (χ3n) is 2.42. The molecular weight excluding hydrogens is 335 g/mol. The van der Waals surface area contributed by atoms with Crippen LogP contribution >= 0.6 is 15.9 Å². The molecule has 0 unspecified atom stereocenters. The summed E-state index contributed by atoms with van der Waals surface area (Å²) in [6, 6.07) is 10.3. The monoisotopic (exact) mass is 344 g/mol. The Hall–Kier alpha value is -1.60. The molecule has 2 aromatic rings. The standard InChI is InChI=1S/C12H10BrFN2O2S/c13-8-4-1-2-6-10(8)16-19(17,18)11-7-3-5-9(14)12(11)15/h1-7,16H,15H2. The molecule has 0 saturated carbocycles. The van der Waals surface area contributed by atoms with Crippen LogP contribution < -0.4 is 10.5 Å². The van der Waals surface area contributed by atoms with Crippen molar-refractivity contribution in [1.29, 1.82) is 0 Å². The minimum absolute atomic E-state index is 0.289. The van der Waals surface area contributed by atoms with Crippen molar-refractivity contribution >= 4 is 37.3 Å². The fourth-order valence-corrected chi connectivity index (χ4v) is 3.23. The number of nitrogens with one attached hydrogen (secondary N) is 1. The molecule has 3 N–H and O–H groups in total. The topological polar surface area (TPSA) is 72.2 Å². The normalized spacial score (nSPS) is 11.3. The first-order valence-electron chi connectivity index (χ1n) is 5.23. The number of anilines is 2. The molecule has 2 rings (SSSR count). The van der Waals surface area contributed by atoms with Crippen molar-refractivity contribution in [2.45, 2.75) is 4.90 Å². The van der Waals surface area contributed by atoms with Gasteiger partial charge in [0.25, 0.3) is 10.0 Å². The van der Waals surface area contributed by atoms with E-state index in [-0.39, 0.29) is 4.90 Å². The lowest BCUT2D eigenvalue weighted by atomic mass is 10.3. The number of rotatable bonds is 3. The Bertz CT molecular complexity index is 719. The molecule has 0 amide bonds. The summed E-state index contributed by atoms with van der Waals surface area (Å²) in [5.41, 5.74) is 5.41. The summed E-state index contributed by atoms with van der Waals surface area (Å²) in [5.74, 6) is -0.769. The second-order valence-corrected chi connectivity index (χ2v) is 6.24. The van der Waals surface area contributed by atoms with E-state index in [9.17, 15) is 12.8 Å². The Morgan fingerprint density at radius 2 is 1.79 bits per heavy atom. The zero-order chi connectivity index (χ0) is 14.0. The fraction of sp³-hybridized carbons (Fsp3) is 0. The molecule has 0 saturated heterocycles. The average Bonchev–Trinajstić information content (AvgIpc) is 2.35. The number of hydrogen-bond donors (Lipinski definition) is 2. The van der Waals surface area contributed by atoms with Crippen molar-refractivity contribution in [2.75, 3.05) is 10.5 Å². The zero-order valence-corrected chi connectivity index (χ0v) is 12.0. The Morgan fingerprint density at radius 3 is 2.47 bits per heavy atom. The van der Waals surface area contributed by atoms with Gasteiger partial charge in [-0.2, -0.15) is 0 Å². The molecule has 0 bridgehead atoms. The van der Waals surface area contributed by atoms with Gasteiger partial charge >= 0.3 is 0 Å². The van der Waals surface area contributed by atoms with Gasteiger partial charge in [-0.3, -0.25) is 4.72 Å². The van der Waals surface area contributed by atoms with Crippen molar-refractivity contribution < 1.29 is 12.8 Å². The Kier molecular flexibility index (Phi) is 3.77. The maximum absolute atomic E-state index is 13.3. The van der Waals surface area contributed by atoms with Crippen LogP contribution in [0.5, 0.6) is 0 Å². The summed E-state index contributed by atoms with van der Waals surface area (Å²) in [5, 5.41) is 0. The number of nitrogens with two attached hydrogens (primary N) is 1. The van der Waals surface area contributed by atoms with E-state index in [4.69, 9.17) is 5.73 Å². The van der Waals surface area contributed by atoms with Gasteiger partial charge in [0.15, 0.2) is 0 Å². The van der Waals surface area contributed by atoms with Crippen LogP contribution in [0.4, 0.5) is 15.8 Å². The molecule has 4 nitrogen and oxygen atoms in total. The quantitative estimate of drug-likeness (QED) is 0.840. The van der Waals surface area contributed by atoms with E-state index in [0.29, 0.717) is 10.2 Å². The highest BCUT2D eigenvalue weighted by atomic mass is 79.9. The minimum atomic E-state index is -3.93. The van der Waals surface area contributed by atoms with Gasteiger partial charge in [0, 0.05) is 4.47 Å². The van der Waals surface area contributed by atoms with Gasteiger partial charge in [0.2, 0.25) is 0 Å². The van der Waals surface area contributed by atoms with Gasteiger partial charge in [-0.25, -0.2) is 12.8 Å². The first-order valence-corrected chi connectivity index (χ1v) is 7.51. The lowest BCUT2D eigenvalue weighted by Gasteiger charge is -2.11. The highest BCUT2D eigenvalue weighted by Crippen LogP contribution is 2.27. The molecule has 0 aliphatic heterocycles.